The summed E-state index contributed by atoms with van der Waals surface area (Å²) in [5.74, 6) is 1.61. The molecule has 0 unspecified atom stereocenters. The Balaban J connectivity index is 1.47. The van der Waals surface area contributed by atoms with Crippen molar-refractivity contribution in [1.29, 1.82) is 0 Å². The summed E-state index contributed by atoms with van der Waals surface area (Å²) in [5, 5.41) is 3.25. The van der Waals surface area contributed by atoms with E-state index in [1.807, 2.05) is 17.0 Å². The second kappa shape index (κ2) is 6.91. The number of carbonyl (C=O) groups excluding carboxylic acids is 1. The Bertz CT molecular complexity index is 598. The molecule has 3 aliphatic rings. The van der Waals surface area contributed by atoms with Crippen LogP contribution < -0.4 is 14.8 Å². The van der Waals surface area contributed by atoms with Crippen molar-refractivity contribution in [3.05, 3.63) is 23.8 Å². The summed E-state index contributed by atoms with van der Waals surface area (Å²) in [6, 6.07) is 6.69. The lowest BCUT2D eigenvalue weighted by atomic mass is 9.96. The van der Waals surface area contributed by atoms with Gasteiger partial charge in [-0.3, -0.25) is 0 Å². The topological polar surface area (TPSA) is 50.8 Å². The van der Waals surface area contributed by atoms with Gasteiger partial charge in [-0.25, -0.2) is 4.79 Å². The van der Waals surface area contributed by atoms with Gasteiger partial charge in [-0.15, -0.1) is 0 Å². The molecule has 4 rings (SSSR count). The molecule has 1 saturated heterocycles. The molecule has 2 heterocycles. The molecule has 1 aromatic rings. The average Bonchev–Trinajstić information content (AvgIpc) is 3.12. The number of ether oxygens (including phenoxy) is 2. The summed E-state index contributed by atoms with van der Waals surface area (Å²) < 4.78 is 11.3. The highest BCUT2D eigenvalue weighted by atomic mass is 16.6. The fourth-order valence-corrected chi connectivity index (χ4v) is 4.13. The number of hydrogen-bond donors (Lipinski definition) is 1. The average molecular weight is 330 g/mol. The minimum atomic E-state index is 0.0966. The molecule has 0 radical (unpaired) electrons. The van der Waals surface area contributed by atoms with E-state index >= 15 is 0 Å². The van der Waals surface area contributed by atoms with Crippen molar-refractivity contribution >= 4 is 6.03 Å². The number of hydrogen-bond acceptors (Lipinski definition) is 3. The maximum atomic E-state index is 12.7. The summed E-state index contributed by atoms with van der Waals surface area (Å²) in [4.78, 5) is 14.7. The first-order valence-electron chi connectivity index (χ1n) is 9.28. The van der Waals surface area contributed by atoms with Gasteiger partial charge >= 0.3 is 6.03 Å². The SMILES string of the molecule is O=C(NC1CCCCC1)N1CCC[C@@H]1c1ccc2c(c1)OCCO2. The summed E-state index contributed by atoms with van der Waals surface area (Å²) in [6.07, 6.45) is 8.07. The quantitative estimate of drug-likeness (QED) is 0.901. The van der Waals surface area contributed by atoms with Crippen molar-refractivity contribution in [2.24, 2.45) is 0 Å². The van der Waals surface area contributed by atoms with Gasteiger partial charge in [0, 0.05) is 12.6 Å². The Hall–Kier alpha value is -1.91. The third kappa shape index (κ3) is 3.17. The van der Waals surface area contributed by atoms with Crippen LogP contribution in [0.25, 0.3) is 0 Å². The zero-order chi connectivity index (χ0) is 16.4. The van der Waals surface area contributed by atoms with E-state index in [1.165, 1.54) is 19.3 Å². The first-order chi connectivity index (χ1) is 11.8. The monoisotopic (exact) mass is 330 g/mol. The number of benzene rings is 1. The molecule has 5 heteroatoms. The van der Waals surface area contributed by atoms with E-state index in [2.05, 4.69) is 11.4 Å². The second-order valence-corrected chi connectivity index (χ2v) is 7.04. The fraction of sp³-hybridized carbons (Fsp3) is 0.632. The van der Waals surface area contributed by atoms with E-state index in [0.29, 0.717) is 19.3 Å². The number of likely N-dealkylation sites (tertiary alicyclic amines) is 1. The molecular formula is C19H26N2O3. The maximum absolute atomic E-state index is 12.7. The minimum absolute atomic E-state index is 0.0966. The van der Waals surface area contributed by atoms with Crippen LogP contribution in [0.2, 0.25) is 0 Å². The first-order valence-corrected chi connectivity index (χ1v) is 9.28. The van der Waals surface area contributed by atoms with Gasteiger partial charge in [0.05, 0.1) is 6.04 Å². The van der Waals surface area contributed by atoms with Gasteiger partial charge in [0.15, 0.2) is 11.5 Å². The Morgan fingerprint density at radius 3 is 2.62 bits per heavy atom. The molecule has 2 aliphatic heterocycles. The number of nitrogens with one attached hydrogen (secondary N) is 1. The second-order valence-electron chi connectivity index (χ2n) is 7.04. The molecule has 1 atom stereocenters. The van der Waals surface area contributed by atoms with Gasteiger partial charge in [-0.1, -0.05) is 25.3 Å². The first kappa shape index (κ1) is 15.6. The van der Waals surface area contributed by atoms with Gasteiger partial charge in [0.2, 0.25) is 0 Å². The van der Waals surface area contributed by atoms with Crippen LogP contribution in [0.5, 0.6) is 11.5 Å². The minimum Gasteiger partial charge on any atom is -0.486 e. The van der Waals surface area contributed by atoms with Gasteiger partial charge in [-0.2, -0.15) is 0 Å². The largest absolute Gasteiger partial charge is 0.486 e. The Labute approximate surface area is 143 Å². The Morgan fingerprint density at radius 1 is 1.00 bits per heavy atom. The number of fused-ring (bicyclic) bond motifs is 1. The maximum Gasteiger partial charge on any atom is 0.318 e. The van der Waals surface area contributed by atoms with E-state index in [1.54, 1.807) is 0 Å². The predicted octanol–water partition coefficient (Wildman–Crippen LogP) is 3.64. The predicted molar refractivity (Wildman–Crippen MR) is 91.5 cm³/mol. The molecule has 0 bridgehead atoms. The Kier molecular flexibility index (Phi) is 4.50. The molecule has 24 heavy (non-hydrogen) atoms. The molecular weight excluding hydrogens is 304 g/mol. The Morgan fingerprint density at radius 2 is 1.79 bits per heavy atom. The molecule has 1 aromatic carbocycles. The highest BCUT2D eigenvalue weighted by molar-refractivity contribution is 5.75. The lowest BCUT2D eigenvalue weighted by molar-refractivity contribution is 0.170. The molecule has 5 nitrogen and oxygen atoms in total. The van der Waals surface area contributed by atoms with Crippen molar-refractivity contribution < 1.29 is 14.3 Å². The molecule has 2 fully saturated rings. The number of nitrogens with zero attached hydrogens (tertiary/aromatic N) is 1. The molecule has 1 N–H and O–H groups in total. The third-order valence-corrected chi connectivity index (χ3v) is 5.40. The summed E-state index contributed by atoms with van der Waals surface area (Å²) in [5.41, 5.74) is 1.15. The zero-order valence-corrected chi connectivity index (χ0v) is 14.1. The van der Waals surface area contributed by atoms with Crippen LogP contribution in [0.4, 0.5) is 4.79 Å². The van der Waals surface area contributed by atoms with Crippen molar-refractivity contribution in [2.75, 3.05) is 19.8 Å². The molecule has 130 valence electrons. The van der Waals surface area contributed by atoms with Crippen molar-refractivity contribution in [3.8, 4) is 11.5 Å². The molecule has 2 amide bonds. The van der Waals surface area contributed by atoms with Crippen LogP contribution in [-0.2, 0) is 0 Å². The lowest BCUT2D eigenvalue weighted by Gasteiger charge is -2.30. The number of amides is 2. The normalized spacial score (nSPS) is 24.0. The number of rotatable bonds is 2. The highest BCUT2D eigenvalue weighted by Crippen LogP contribution is 2.38. The van der Waals surface area contributed by atoms with Gasteiger partial charge in [0.25, 0.3) is 0 Å². The van der Waals surface area contributed by atoms with Crippen molar-refractivity contribution in [2.45, 2.75) is 57.0 Å². The van der Waals surface area contributed by atoms with Crippen LogP contribution in [0.1, 0.15) is 56.6 Å². The molecule has 1 aliphatic carbocycles. The van der Waals surface area contributed by atoms with Crippen molar-refractivity contribution in [1.82, 2.24) is 10.2 Å². The summed E-state index contributed by atoms with van der Waals surface area (Å²) in [6.45, 7) is 2.02. The van der Waals surface area contributed by atoms with Crippen LogP contribution in [-0.4, -0.2) is 36.7 Å². The standard InChI is InChI=1S/C19H26N2O3/c22-19(20-15-5-2-1-3-6-15)21-10-4-7-16(21)14-8-9-17-18(13-14)24-12-11-23-17/h8-9,13,15-16H,1-7,10-12H2,(H,20,22)/t16-/m1/s1. The lowest BCUT2D eigenvalue weighted by Crippen LogP contribution is -2.45. The van der Waals surface area contributed by atoms with E-state index in [0.717, 1.165) is 49.3 Å². The molecule has 0 spiro atoms. The van der Waals surface area contributed by atoms with Gasteiger partial charge < -0.3 is 19.7 Å². The fourth-order valence-electron chi connectivity index (χ4n) is 4.13. The van der Waals surface area contributed by atoms with Gasteiger partial charge in [-0.05, 0) is 43.4 Å². The van der Waals surface area contributed by atoms with Gasteiger partial charge in [0.1, 0.15) is 13.2 Å². The summed E-state index contributed by atoms with van der Waals surface area (Å²) in [7, 11) is 0. The van der Waals surface area contributed by atoms with E-state index < -0.39 is 0 Å². The number of carbonyl (C=O) groups is 1. The number of urea groups is 1. The van der Waals surface area contributed by atoms with E-state index in [4.69, 9.17) is 9.47 Å². The van der Waals surface area contributed by atoms with Crippen LogP contribution in [0.3, 0.4) is 0 Å². The van der Waals surface area contributed by atoms with Crippen LogP contribution in [0, 0.1) is 0 Å². The smallest absolute Gasteiger partial charge is 0.318 e. The van der Waals surface area contributed by atoms with Crippen molar-refractivity contribution in [3.63, 3.8) is 0 Å². The third-order valence-electron chi connectivity index (χ3n) is 5.40. The zero-order valence-electron chi connectivity index (χ0n) is 14.1. The van der Waals surface area contributed by atoms with E-state index in [9.17, 15) is 4.79 Å². The van der Waals surface area contributed by atoms with Crippen LogP contribution >= 0.6 is 0 Å². The summed E-state index contributed by atoms with van der Waals surface area (Å²) >= 11 is 0. The van der Waals surface area contributed by atoms with Crippen LogP contribution in [0.15, 0.2) is 18.2 Å². The molecule has 1 saturated carbocycles. The van der Waals surface area contributed by atoms with E-state index in [-0.39, 0.29) is 12.1 Å². The highest BCUT2D eigenvalue weighted by Gasteiger charge is 2.32. The molecule has 0 aromatic heterocycles.